The minimum atomic E-state index is -0.106. The van der Waals surface area contributed by atoms with Gasteiger partial charge in [-0.15, -0.1) is 0 Å². The molecule has 1 aromatic heterocycles. The predicted octanol–water partition coefficient (Wildman–Crippen LogP) is 4.26. The highest BCUT2D eigenvalue weighted by molar-refractivity contribution is 5.87. The van der Waals surface area contributed by atoms with Crippen molar-refractivity contribution in [1.82, 2.24) is 9.97 Å². The summed E-state index contributed by atoms with van der Waals surface area (Å²) in [4.78, 5) is 8.17. The van der Waals surface area contributed by atoms with Crippen LogP contribution in [0.2, 0.25) is 0 Å². The van der Waals surface area contributed by atoms with E-state index in [0.717, 1.165) is 28.0 Å². The number of fused-ring (bicyclic) bond motifs is 4. The Hall–Kier alpha value is -2.91. The highest BCUT2D eigenvalue weighted by Gasteiger charge is 2.28. The number of hydrogen-bond donors (Lipinski definition) is 2. The number of nitrogens with two attached hydrogens (primary N) is 1. The van der Waals surface area contributed by atoms with Gasteiger partial charge < -0.3 is 10.7 Å². The number of nitrogens with one attached hydrogen (secondary N) is 1. The fourth-order valence-corrected chi connectivity index (χ4v) is 3.59. The monoisotopic (exact) mass is 297 g/mol. The minimum Gasteiger partial charge on any atom is -0.338 e. The van der Waals surface area contributed by atoms with Gasteiger partial charge in [-0.1, -0.05) is 54.6 Å². The molecule has 110 valence electrons. The maximum absolute atomic E-state index is 6.55. The Morgan fingerprint density at radius 2 is 1.52 bits per heavy atom. The summed E-state index contributed by atoms with van der Waals surface area (Å²) in [6.45, 7) is 0. The van der Waals surface area contributed by atoms with Gasteiger partial charge in [0.2, 0.25) is 0 Å². The molecule has 0 fully saturated rings. The molecular formula is C20H15N3. The van der Waals surface area contributed by atoms with Crippen LogP contribution in [0.15, 0.2) is 66.7 Å². The number of rotatable bonds is 1. The number of aromatic amines is 1. The van der Waals surface area contributed by atoms with Crippen molar-refractivity contribution in [3.8, 4) is 22.5 Å². The maximum atomic E-state index is 6.55. The van der Waals surface area contributed by atoms with E-state index in [0.29, 0.717) is 0 Å². The zero-order valence-electron chi connectivity index (χ0n) is 12.5. The molecule has 1 aliphatic carbocycles. The van der Waals surface area contributed by atoms with Crippen LogP contribution in [0, 0.1) is 0 Å². The molecule has 1 heterocycles. The smallest absolute Gasteiger partial charge is 0.138 e. The molecule has 3 heteroatoms. The lowest BCUT2D eigenvalue weighted by Crippen LogP contribution is -2.09. The third-order valence-electron chi connectivity index (χ3n) is 4.65. The van der Waals surface area contributed by atoms with Gasteiger partial charge >= 0.3 is 0 Å². The second-order valence-corrected chi connectivity index (χ2v) is 5.93. The van der Waals surface area contributed by atoms with Crippen LogP contribution in [0.3, 0.4) is 0 Å². The van der Waals surface area contributed by atoms with Gasteiger partial charge in [0.15, 0.2) is 0 Å². The van der Waals surface area contributed by atoms with E-state index in [4.69, 9.17) is 10.7 Å². The molecule has 1 aliphatic rings. The third-order valence-corrected chi connectivity index (χ3v) is 4.65. The van der Waals surface area contributed by atoms with Crippen molar-refractivity contribution >= 4 is 11.0 Å². The van der Waals surface area contributed by atoms with Crippen LogP contribution in [-0.4, -0.2) is 9.97 Å². The highest BCUT2D eigenvalue weighted by atomic mass is 14.9. The van der Waals surface area contributed by atoms with Crippen LogP contribution >= 0.6 is 0 Å². The summed E-state index contributed by atoms with van der Waals surface area (Å²) in [5, 5.41) is 0. The number of benzene rings is 3. The zero-order valence-corrected chi connectivity index (χ0v) is 12.5. The Labute approximate surface area is 133 Å². The molecule has 0 aliphatic heterocycles. The summed E-state index contributed by atoms with van der Waals surface area (Å²) >= 11 is 0. The van der Waals surface area contributed by atoms with Gasteiger partial charge in [0.05, 0.1) is 17.1 Å². The number of nitrogens with zero attached hydrogens (tertiary/aromatic N) is 1. The Balaban J connectivity index is 1.78. The summed E-state index contributed by atoms with van der Waals surface area (Å²) in [6, 6.07) is 22.7. The molecule has 3 nitrogen and oxygen atoms in total. The van der Waals surface area contributed by atoms with Crippen molar-refractivity contribution in [3.63, 3.8) is 0 Å². The summed E-state index contributed by atoms with van der Waals surface area (Å²) < 4.78 is 0. The molecule has 0 amide bonds. The van der Waals surface area contributed by atoms with Crippen molar-refractivity contribution in [1.29, 1.82) is 0 Å². The Bertz CT molecular complexity index is 1010. The van der Waals surface area contributed by atoms with E-state index in [-0.39, 0.29) is 6.04 Å². The molecule has 0 saturated carbocycles. The van der Waals surface area contributed by atoms with Crippen LogP contribution in [0.1, 0.15) is 17.2 Å². The molecule has 0 bridgehead atoms. The van der Waals surface area contributed by atoms with Crippen molar-refractivity contribution in [2.45, 2.75) is 6.04 Å². The van der Waals surface area contributed by atoms with Crippen molar-refractivity contribution in [2.24, 2.45) is 5.73 Å². The van der Waals surface area contributed by atoms with Crippen LogP contribution in [0.25, 0.3) is 33.5 Å². The molecule has 1 atom stereocenters. The predicted molar refractivity (Wildman–Crippen MR) is 93.0 cm³/mol. The molecule has 1 unspecified atom stereocenters. The lowest BCUT2D eigenvalue weighted by Gasteiger charge is -2.11. The first-order valence-corrected chi connectivity index (χ1v) is 7.76. The van der Waals surface area contributed by atoms with E-state index in [1.54, 1.807) is 0 Å². The van der Waals surface area contributed by atoms with Crippen molar-refractivity contribution in [2.75, 3.05) is 0 Å². The second kappa shape index (κ2) is 4.54. The lowest BCUT2D eigenvalue weighted by atomic mass is 9.99. The average Bonchev–Trinajstić information content (AvgIpc) is 3.15. The number of aromatic nitrogens is 2. The molecule has 3 aromatic carbocycles. The number of para-hydroxylation sites is 2. The molecule has 5 rings (SSSR count). The Morgan fingerprint density at radius 3 is 2.43 bits per heavy atom. The molecule has 4 aromatic rings. The first-order chi connectivity index (χ1) is 11.3. The van der Waals surface area contributed by atoms with Gasteiger partial charge in [-0.25, -0.2) is 4.98 Å². The Morgan fingerprint density at radius 1 is 0.783 bits per heavy atom. The fourth-order valence-electron chi connectivity index (χ4n) is 3.59. The van der Waals surface area contributed by atoms with Gasteiger partial charge in [-0.2, -0.15) is 0 Å². The minimum absolute atomic E-state index is 0.106. The van der Waals surface area contributed by atoms with Gasteiger partial charge in [-0.05, 0) is 34.4 Å². The largest absolute Gasteiger partial charge is 0.338 e. The van der Waals surface area contributed by atoms with E-state index >= 15 is 0 Å². The van der Waals surface area contributed by atoms with Crippen molar-refractivity contribution < 1.29 is 0 Å². The molecule has 0 saturated heterocycles. The van der Waals surface area contributed by atoms with Crippen LogP contribution in [-0.2, 0) is 0 Å². The van der Waals surface area contributed by atoms with Crippen LogP contribution < -0.4 is 5.73 Å². The topological polar surface area (TPSA) is 54.7 Å². The van der Waals surface area contributed by atoms with Crippen LogP contribution in [0.5, 0.6) is 0 Å². The average molecular weight is 297 g/mol. The number of imidazole rings is 1. The van der Waals surface area contributed by atoms with E-state index in [2.05, 4.69) is 41.4 Å². The van der Waals surface area contributed by atoms with E-state index in [1.165, 1.54) is 16.7 Å². The summed E-state index contributed by atoms with van der Waals surface area (Å²) in [7, 11) is 0. The first kappa shape index (κ1) is 12.6. The van der Waals surface area contributed by atoms with Crippen molar-refractivity contribution in [3.05, 3.63) is 77.9 Å². The highest BCUT2D eigenvalue weighted by Crippen LogP contribution is 2.45. The molecule has 3 N–H and O–H groups in total. The standard InChI is InChI=1S/C20H15N3/c21-19-14-7-2-1-6-12(14)13-8-5-9-15(18(13)19)20-22-16-10-3-4-11-17(16)23-20/h1-11,19H,21H2,(H,22,23). The van der Waals surface area contributed by atoms with Gasteiger partial charge in [0.25, 0.3) is 0 Å². The summed E-state index contributed by atoms with van der Waals surface area (Å²) in [6.07, 6.45) is 0. The maximum Gasteiger partial charge on any atom is 0.138 e. The van der Waals surface area contributed by atoms with Gasteiger partial charge in [0.1, 0.15) is 5.82 Å². The zero-order chi connectivity index (χ0) is 15.4. The number of hydrogen-bond acceptors (Lipinski definition) is 2. The van der Waals surface area contributed by atoms with Gasteiger partial charge in [0, 0.05) is 5.56 Å². The van der Waals surface area contributed by atoms with E-state index in [9.17, 15) is 0 Å². The van der Waals surface area contributed by atoms with Crippen LogP contribution in [0.4, 0.5) is 0 Å². The summed E-state index contributed by atoms with van der Waals surface area (Å²) in [5.74, 6) is 0.881. The SMILES string of the molecule is NC1c2ccccc2-c2cccc(-c3nc4ccccc4[nH]3)c21. The van der Waals surface area contributed by atoms with Gasteiger partial charge in [-0.3, -0.25) is 0 Å². The van der Waals surface area contributed by atoms with E-state index < -0.39 is 0 Å². The second-order valence-electron chi connectivity index (χ2n) is 5.93. The van der Waals surface area contributed by atoms with E-state index in [1.807, 2.05) is 30.3 Å². The number of H-pyrrole nitrogens is 1. The Kier molecular flexibility index (Phi) is 2.49. The molecule has 0 radical (unpaired) electrons. The first-order valence-electron chi connectivity index (χ1n) is 7.76. The molecule has 0 spiro atoms. The normalized spacial score (nSPS) is 15.6. The molecule has 23 heavy (non-hydrogen) atoms. The fraction of sp³-hybridized carbons (Fsp3) is 0.0500. The quantitative estimate of drug-likeness (QED) is 0.551. The molecular weight excluding hydrogens is 282 g/mol. The lowest BCUT2D eigenvalue weighted by molar-refractivity contribution is 0.901. The summed E-state index contributed by atoms with van der Waals surface area (Å²) in [5.41, 5.74) is 14.4. The third kappa shape index (κ3) is 1.71.